The lowest BCUT2D eigenvalue weighted by molar-refractivity contribution is 0.410. The van der Waals surface area contributed by atoms with Crippen LogP contribution in [0.3, 0.4) is 0 Å². The van der Waals surface area contributed by atoms with Gasteiger partial charge >= 0.3 is 0 Å². The van der Waals surface area contributed by atoms with Crippen molar-refractivity contribution in [2.45, 2.75) is 77.6 Å². The molecule has 0 heterocycles. The predicted molar refractivity (Wildman–Crippen MR) is 90.2 cm³/mol. The molecule has 2 heteroatoms. The average Bonchev–Trinajstić information content (AvgIpc) is 2.51. The second-order valence-corrected chi connectivity index (χ2v) is 5.93. The Hall–Kier alpha value is -1.18. The van der Waals surface area contributed by atoms with Gasteiger partial charge in [0.1, 0.15) is 11.5 Å². The number of aromatic hydroxyl groups is 1. The lowest BCUT2D eigenvalue weighted by Gasteiger charge is -2.07. The molecule has 0 aliphatic rings. The van der Waals surface area contributed by atoms with Crippen LogP contribution >= 0.6 is 0 Å². The highest BCUT2D eigenvalue weighted by Gasteiger charge is 2.03. The Morgan fingerprint density at radius 3 is 2.00 bits per heavy atom. The summed E-state index contributed by atoms with van der Waals surface area (Å²) in [5.74, 6) is 1.22. The molecular weight excluding hydrogens is 260 g/mol. The van der Waals surface area contributed by atoms with Crippen LogP contribution in [0.2, 0.25) is 0 Å². The molecule has 1 aromatic carbocycles. The van der Waals surface area contributed by atoms with Crippen molar-refractivity contribution in [1.82, 2.24) is 0 Å². The van der Waals surface area contributed by atoms with E-state index in [4.69, 9.17) is 4.74 Å². The van der Waals surface area contributed by atoms with Crippen LogP contribution in [0.5, 0.6) is 11.5 Å². The highest BCUT2D eigenvalue weighted by atomic mass is 16.5. The van der Waals surface area contributed by atoms with Gasteiger partial charge < -0.3 is 9.84 Å². The minimum Gasteiger partial charge on any atom is -0.508 e. The van der Waals surface area contributed by atoms with Crippen LogP contribution in [0.1, 0.15) is 76.7 Å². The third-order valence-electron chi connectivity index (χ3n) is 4.09. The first kappa shape index (κ1) is 17.9. The number of hydrogen-bond donors (Lipinski definition) is 1. The summed E-state index contributed by atoms with van der Waals surface area (Å²) in [6.45, 7) is 2.26. The Morgan fingerprint density at radius 1 is 0.857 bits per heavy atom. The fourth-order valence-electron chi connectivity index (χ4n) is 2.69. The van der Waals surface area contributed by atoms with Crippen molar-refractivity contribution >= 4 is 0 Å². The summed E-state index contributed by atoms with van der Waals surface area (Å²) in [6.07, 6.45) is 14.3. The number of aryl methyl sites for hydroxylation is 1. The Morgan fingerprint density at radius 2 is 1.43 bits per heavy atom. The molecule has 0 aliphatic carbocycles. The second kappa shape index (κ2) is 11.5. The largest absolute Gasteiger partial charge is 0.508 e. The van der Waals surface area contributed by atoms with E-state index in [0.29, 0.717) is 5.75 Å². The first-order valence-electron chi connectivity index (χ1n) is 8.63. The van der Waals surface area contributed by atoms with Gasteiger partial charge in [-0.3, -0.25) is 0 Å². The molecule has 0 spiro atoms. The van der Waals surface area contributed by atoms with E-state index in [1.54, 1.807) is 19.2 Å². The zero-order chi connectivity index (χ0) is 15.3. The Labute approximate surface area is 130 Å². The molecule has 0 saturated heterocycles. The van der Waals surface area contributed by atoms with Crippen LogP contribution in [0.15, 0.2) is 18.2 Å². The van der Waals surface area contributed by atoms with Gasteiger partial charge in [-0.05, 0) is 36.6 Å². The third kappa shape index (κ3) is 7.99. The normalized spacial score (nSPS) is 10.8. The maximum absolute atomic E-state index is 9.82. The van der Waals surface area contributed by atoms with E-state index in [0.717, 1.165) is 24.2 Å². The quantitative estimate of drug-likeness (QED) is 0.489. The molecule has 2 nitrogen and oxygen atoms in total. The number of phenols is 1. The molecule has 0 radical (unpaired) electrons. The zero-order valence-electron chi connectivity index (χ0n) is 13.9. The van der Waals surface area contributed by atoms with Gasteiger partial charge in [-0.2, -0.15) is 0 Å². The minimum absolute atomic E-state index is 0.395. The van der Waals surface area contributed by atoms with Crippen molar-refractivity contribution in [2.75, 3.05) is 7.11 Å². The fourth-order valence-corrected chi connectivity index (χ4v) is 2.69. The van der Waals surface area contributed by atoms with Gasteiger partial charge in [0.15, 0.2) is 0 Å². The van der Waals surface area contributed by atoms with Gasteiger partial charge in [0, 0.05) is 0 Å². The molecule has 0 unspecified atom stereocenters. The number of benzene rings is 1. The molecule has 1 N–H and O–H groups in total. The van der Waals surface area contributed by atoms with Crippen LogP contribution in [-0.2, 0) is 6.42 Å². The third-order valence-corrected chi connectivity index (χ3v) is 4.09. The van der Waals surface area contributed by atoms with Crippen molar-refractivity contribution in [1.29, 1.82) is 0 Å². The summed E-state index contributed by atoms with van der Waals surface area (Å²) in [5, 5.41) is 9.82. The van der Waals surface area contributed by atoms with Gasteiger partial charge in [0.05, 0.1) is 7.11 Å². The van der Waals surface area contributed by atoms with Crippen molar-refractivity contribution in [3.8, 4) is 11.5 Å². The molecule has 0 aliphatic heterocycles. The second-order valence-electron chi connectivity index (χ2n) is 5.93. The lowest BCUT2D eigenvalue weighted by Crippen LogP contribution is -1.90. The highest BCUT2D eigenvalue weighted by Crippen LogP contribution is 2.24. The number of methoxy groups -OCH3 is 1. The Kier molecular flexibility index (Phi) is 9.77. The lowest BCUT2D eigenvalue weighted by atomic mass is 10.0. The summed E-state index contributed by atoms with van der Waals surface area (Å²) in [6, 6.07) is 5.48. The number of ether oxygens (including phenoxy) is 1. The van der Waals surface area contributed by atoms with E-state index in [1.807, 2.05) is 6.07 Å². The van der Waals surface area contributed by atoms with Gasteiger partial charge in [-0.25, -0.2) is 0 Å². The molecule has 1 rings (SSSR count). The molecule has 120 valence electrons. The SMILES string of the molecule is CCCCCCCCCCCCc1cc(OC)ccc1O. The first-order valence-corrected chi connectivity index (χ1v) is 8.63. The zero-order valence-corrected chi connectivity index (χ0v) is 13.9. The molecule has 0 amide bonds. The molecule has 0 bridgehead atoms. The summed E-state index contributed by atoms with van der Waals surface area (Å²) in [7, 11) is 1.66. The molecule has 0 saturated carbocycles. The average molecular weight is 292 g/mol. The summed E-state index contributed by atoms with van der Waals surface area (Å²) in [4.78, 5) is 0. The summed E-state index contributed by atoms with van der Waals surface area (Å²) >= 11 is 0. The summed E-state index contributed by atoms with van der Waals surface area (Å²) in [5.41, 5.74) is 1.01. The number of rotatable bonds is 12. The van der Waals surface area contributed by atoms with E-state index in [2.05, 4.69) is 6.92 Å². The number of unbranched alkanes of at least 4 members (excludes halogenated alkanes) is 9. The summed E-state index contributed by atoms with van der Waals surface area (Å²) < 4.78 is 5.20. The highest BCUT2D eigenvalue weighted by molar-refractivity contribution is 5.39. The van der Waals surface area contributed by atoms with Crippen LogP contribution in [0, 0.1) is 0 Å². The van der Waals surface area contributed by atoms with Crippen molar-refractivity contribution in [2.24, 2.45) is 0 Å². The topological polar surface area (TPSA) is 29.5 Å². The minimum atomic E-state index is 0.395. The maximum Gasteiger partial charge on any atom is 0.119 e. The Bertz CT molecular complexity index is 374. The molecular formula is C19H32O2. The van der Waals surface area contributed by atoms with E-state index >= 15 is 0 Å². The van der Waals surface area contributed by atoms with E-state index in [-0.39, 0.29) is 0 Å². The standard InChI is InChI=1S/C19H32O2/c1-3-4-5-6-7-8-9-10-11-12-13-17-16-18(21-2)14-15-19(17)20/h14-16,20H,3-13H2,1-2H3. The van der Waals surface area contributed by atoms with Crippen molar-refractivity contribution in [3.05, 3.63) is 23.8 Å². The van der Waals surface area contributed by atoms with Crippen LogP contribution in [0.25, 0.3) is 0 Å². The van der Waals surface area contributed by atoms with Crippen LogP contribution < -0.4 is 4.74 Å². The smallest absolute Gasteiger partial charge is 0.119 e. The molecule has 1 aromatic rings. The monoisotopic (exact) mass is 292 g/mol. The fraction of sp³-hybridized carbons (Fsp3) is 0.684. The number of hydrogen-bond acceptors (Lipinski definition) is 2. The molecule has 0 atom stereocenters. The van der Waals surface area contributed by atoms with Gasteiger partial charge in [0.25, 0.3) is 0 Å². The Balaban J connectivity index is 2.04. The molecule has 0 aromatic heterocycles. The van der Waals surface area contributed by atoms with Gasteiger partial charge in [-0.15, -0.1) is 0 Å². The maximum atomic E-state index is 9.82. The van der Waals surface area contributed by atoms with Crippen molar-refractivity contribution in [3.63, 3.8) is 0 Å². The van der Waals surface area contributed by atoms with Crippen LogP contribution in [0.4, 0.5) is 0 Å². The van der Waals surface area contributed by atoms with E-state index < -0.39 is 0 Å². The predicted octanol–water partition coefficient (Wildman–Crippen LogP) is 5.86. The van der Waals surface area contributed by atoms with Gasteiger partial charge in [0.2, 0.25) is 0 Å². The molecule has 0 fully saturated rings. The van der Waals surface area contributed by atoms with Crippen LogP contribution in [-0.4, -0.2) is 12.2 Å². The first-order chi connectivity index (χ1) is 10.3. The van der Waals surface area contributed by atoms with E-state index in [9.17, 15) is 5.11 Å². The van der Waals surface area contributed by atoms with Crippen molar-refractivity contribution < 1.29 is 9.84 Å². The molecule has 21 heavy (non-hydrogen) atoms. The van der Waals surface area contributed by atoms with E-state index in [1.165, 1.54) is 57.8 Å². The van der Waals surface area contributed by atoms with Gasteiger partial charge in [-0.1, -0.05) is 64.7 Å². The number of phenolic OH excluding ortho intramolecular Hbond substituents is 1.